The van der Waals surface area contributed by atoms with E-state index in [4.69, 9.17) is 17.6 Å². The minimum atomic E-state index is -2.17. The Labute approximate surface area is 338 Å². The first-order chi connectivity index (χ1) is 28.1. The molecule has 0 saturated heterocycles. The van der Waals surface area contributed by atoms with E-state index in [0.717, 1.165) is 50.0 Å². The van der Waals surface area contributed by atoms with Crippen molar-refractivity contribution in [1.82, 2.24) is 24.5 Å². The summed E-state index contributed by atoms with van der Waals surface area (Å²) >= 11 is 0. The Balaban J connectivity index is 0.000000230. The fourth-order valence-corrected chi connectivity index (χ4v) is 7.55. The van der Waals surface area contributed by atoms with Crippen molar-refractivity contribution in [3.8, 4) is 39.5 Å². The Bertz CT molecular complexity index is 2990. The first-order valence-electron chi connectivity index (χ1n) is 20.3. The van der Waals surface area contributed by atoms with Crippen molar-refractivity contribution in [3.05, 3.63) is 157 Å². The van der Waals surface area contributed by atoms with E-state index in [1.54, 1.807) is 18.3 Å². The molecule has 1 radical (unpaired) electrons. The zero-order valence-electron chi connectivity index (χ0n) is 36.4. The van der Waals surface area contributed by atoms with Crippen LogP contribution in [-0.2, 0) is 20.1 Å². The molecule has 8 heteroatoms. The molecule has 0 N–H and O–H groups in total. The second kappa shape index (κ2) is 15.1. The van der Waals surface area contributed by atoms with E-state index in [1.165, 1.54) is 11.3 Å². The van der Waals surface area contributed by atoms with Crippen molar-refractivity contribution in [2.45, 2.75) is 40.3 Å². The van der Waals surface area contributed by atoms with Gasteiger partial charge in [0.15, 0.2) is 0 Å². The average Bonchev–Trinajstić information content (AvgIpc) is 3.78. The number of pyridine rings is 3. The van der Waals surface area contributed by atoms with Crippen LogP contribution in [0.4, 0.5) is 0 Å². The second-order valence-corrected chi connectivity index (χ2v) is 19.0. The number of imidazole rings is 1. The van der Waals surface area contributed by atoms with Crippen LogP contribution < -0.4 is 5.19 Å². The van der Waals surface area contributed by atoms with Gasteiger partial charge in [-0.05, 0) is 74.7 Å². The van der Waals surface area contributed by atoms with Crippen molar-refractivity contribution in [3.63, 3.8) is 0 Å². The number of fused-ring (bicyclic) bond motifs is 4. The summed E-state index contributed by atoms with van der Waals surface area (Å²) in [5.41, 5.74) is 9.76. The Kier molecular flexibility index (Phi) is 8.33. The van der Waals surface area contributed by atoms with Crippen molar-refractivity contribution in [1.29, 1.82) is 0 Å². The van der Waals surface area contributed by atoms with Gasteiger partial charge in [0.2, 0.25) is 5.71 Å². The number of benzene rings is 4. The minimum absolute atomic E-state index is 0. The summed E-state index contributed by atoms with van der Waals surface area (Å²) in [4.78, 5) is 18.5. The molecule has 9 rings (SSSR count). The van der Waals surface area contributed by atoms with Gasteiger partial charge in [-0.15, -0.1) is 48.0 Å². The van der Waals surface area contributed by atoms with Crippen molar-refractivity contribution >= 4 is 46.4 Å². The molecule has 54 heavy (non-hydrogen) atoms. The normalized spacial score (nSPS) is 13.2. The Hall–Kier alpha value is -5.53. The van der Waals surface area contributed by atoms with E-state index in [-0.39, 0.29) is 38.2 Å². The molecule has 4 aromatic carbocycles. The number of para-hydroxylation sites is 2. The molecule has 5 heterocycles. The maximum Gasteiger partial charge on any atom is 0.216 e. The third kappa shape index (κ3) is 7.20. The Morgan fingerprint density at radius 3 is 2.35 bits per heavy atom. The summed E-state index contributed by atoms with van der Waals surface area (Å²) in [5, 5.41) is 3.01. The van der Waals surface area contributed by atoms with E-state index in [2.05, 4.69) is 63.4 Å². The van der Waals surface area contributed by atoms with E-state index in [1.807, 2.05) is 86.8 Å². The van der Waals surface area contributed by atoms with Gasteiger partial charge >= 0.3 is 0 Å². The van der Waals surface area contributed by atoms with Crippen molar-refractivity contribution in [2.24, 2.45) is 0 Å². The largest absolute Gasteiger partial charge is 0.486 e. The molecule has 0 aliphatic heterocycles. The number of nitrogens with zero attached hydrogens (tertiary/aromatic N) is 5. The van der Waals surface area contributed by atoms with Crippen LogP contribution in [0.2, 0.25) is 19.6 Å². The van der Waals surface area contributed by atoms with Crippen LogP contribution in [0.1, 0.15) is 25.2 Å². The maximum absolute atomic E-state index is 7.74. The van der Waals surface area contributed by atoms with Crippen LogP contribution in [0.25, 0.3) is 72.6 Å². The van der Waals surface area contributed by atoms with Gasteiger partial charge in [0, 0.05) is 61.8 Å². The molecule has 0 fully saturated rings. The smallest absolute Gasteiger partial charge is 0.216 e. The van der Waals surface area contributed by atoms with Gasteiger partial charge < -0.3 is 14.0 Å². The summed E-state index contributed by atoms with van der Waals surface area (Å²) < 4.78 is 54.5. The molecule has 0 saturated carbocycles. The molecule has 269 valence electrons. The number of aryl methyl sites for hydroxylation is 3. The van der Waals surface area contributed by atoms with Gasteiger partial charge in [0.05, 0.1) is 30.5 Å². The summed E-state index contributed by atoms with van der Waals surface area (Å²) in [7, 11) is -1.36. The molecular weight excluding hydrogens is 859 g/mol. The topological polar surface area (TPSA) is 69.6 Å². The zero-order chi connectivity index (χ0) is 41.8. The second-order valence-electron chi connectivity index (χ2n) is 13.9. The van der Waals surface area contributed by atoms with Crippen LogP contribution in [0.5, 0.6) is 0 Å². The molecule has 0 aliphatic carbocycles. The van der Waals surface area contributed by atoms with Gasteiger partial charge in [-0.1, -0.05) is 90.4 Å². The zero-order valence-corrected chi connectivity index (χ0v) is 33.8. The van der Waals surface area contributed by atoms with Crippen LogP contribution in [0.3, 0.4) is 0 Å². The van der Waals surface area contributed by atoms with Gasteiger partial charge in [-0.2, -0.15) is 0 Å². The molecule has 9 aromatic rings. The standard InChI is InChI=1S/C32H23N4O.C14H16NSi.Ir/c1-19-10-12-22(13-11-19)24-14-15-26(30-29(24)25-7-6-16-33-32(25)37-30)31-35-27-8-4-5-9-28(27)36(31)23-17-20(2)34-21(3)18-23;1-16(2,3)13-9-10-14(15-11-13)12-7-5-4-6-8-12;/h4-14,16-18H,1-3H3;4-7,9-11H,1-3H3;/q2*-1;/i1D3;4D,5D,6D;. The third-order valence-corrected chi connectivity index (χ3v) is 11.1. The fourth-order valence-electron chi connectivity index (χ4n) is 6.51. The van der Waals surface area contributed by atoms with Gasteiger partial charge in [0.25, 0.3) is 0 Å². The molecule has 5 aromatic heterocycles. The summed E-state index contributed by atoms with van der Waals surface area (Å²) in [5.74, 6) is 0.694. The van der Waals surface area contributed by atoms with Gasteiger partial charge in [0.1, 0.15) is 0 Å². The molecule has 0 spiro atoms. The number of aromatic nitrogens is 5. The van der Waals surface area contributed by atoms with E-state index < -0.39 is 14.9 Å². The van der Waals surface area contributed by atoms with Crippen LogP contribution >= 0.6 is 0 Å². The summed E-state index contributed by atoms with van der Waals surface area (Å²) in [6.45, 7) is 8.57. The van der Waals surface area contributed by atoms with Crippen LogP contribution in [-0.4, -0.2) is 32.6 Å². The number of hydrogen-bond donors (Lipinski definition) is 0. The molecule has 0 bridgehead atoms. The Morgan fingerprint density at radius 2 is 1.63 bits per heavy atom. The number of hydrogen-bond acceptors (Lipinski definition) is 5. The minimum Gasteiger partial charge on any atom is -0.486 e. The quantitative estimate of drug-likeness (QED) is 0.127. The molecular formula is C46H39IrN5OSi-2. The first kappa shape index (κ1) is 29.9. The summed E-state index contributed by atoms with van der Waals surface area (Å²) in [6, 6.07) is 36.5. The molecule has 0 aliphatic rings. The molecule has 0 unspecified atom stereocenters. The number of furan rings is 1. The molecule has 0 amide bonds. The maximum atomic E-state index is 7.74. The van der Waals surface area contributed by atoms with Crippen LogP contribution in [0, 0.1) is 32.8 Å². The monoisotopic (exact) mass is 904 g/mol. The fraction of sp³-hybridized carbons (Fsp3) is 0.130. The predicted octanol–water partition coefficient (Wildman–Crippen LogP) is 10.9. The SMILES string of the molecule is [2H]C([2H])([2H])c1ccc(-c2c[c-]c(-c3nc4ccccc4n3-c3cc(C)nc(C)c3)c3oc4ncccc4c23)cc1.[2H]c1[c-]c(-c2ccc([Si](C)(C)C)cn2)cc([2H])c1[2H].[Ir]. The van der Waals surface area contributed by atoms with Crippen molar-refractivity contribution < 1.29 is 32.7 Å². The summed E-state index contributed by atoms with van der Waals surface area (Å²) in [6.07, 6.45) is 3.58. The van der Waals surface area contributed by atoms with Crippen LogP contribution in [0.15, 0.2) is 132 Å². The Morgan fingerprint density at radius 1 is 0.833 bits per heavy atom. The van der Waals surface area contributed by atoms with Crippen molar-refractivity contribution in [2.75, 3.05) is 0 Å². The van der Waals surface area contributed by atoms with Gasteiger partial charge in [-0.3, -0.25) is 9.97 Å². The van der Waals surface area contributed by atoms with E-state index in [9.17, 15) is 0 Å². The van der Waals surface area contributed by atoms with Gasteiger partial charge in [-0.25, -0.2) is 4.98 Å². The average molecular weight is 904 g/mol. The first-order valence-corrected chi connectivity index (χ1v) is 20.8. The van der Waals surface area contributed by atoms with E-state index >= 15 is 0 Å². The van der Waals surface area contributed by atoms with E-state index in [0.29, 0.717) is 39.5 Å². The third-order valence-electron chi connectivity index (χ3n) is 9.08. The molecule has 0 atom stereocenters. The number of rotatable bonds is 5. The molecule has 6 nitrogen and oxygen atoms in total. The predicted molar refractivity (Wildman–Crippen MR) is 219 cm³/mol.